The number of piperidine rings is 1. The van der Waals surface area contributed by atoms with Crippen molar-refractivity contribution in [2.24, 2.45) is 5.41 Å². The molecule has 7 nitrogen and oxygen atoms in total. The molecule has 0 radical (unpaired) electrons. The van der Waals surface area contributed by atoms with E-state index in [2.05, 4.69) is 20.2 Å². The summed E-state index contributed by atoms with van der Waals surface area (Å²) in [6.45, 7) is 1.47. The van der Waals surface area contributed by atoms with Crippen LogP contribution in [0.3, 0.4) is 0 Å². The molecule has 2 fully saturated rings. The van der Waals surface area contributed by atoms with Gasteiger partial charge in [0.05, 0.1) is 28.0 Å². The Kier molecular flexibility index (Phi) is 3.48. The number of fused-ring (bicyclic) bond motifs is 3. The van der Waals surface area contributed by atoms with E-state index in [1.165, 1.54) is 0 Å². The molecule has 27 heavy (non-hydrogen) atoms. The van der Waals surface area contributed by atoms with E-state index < -0.39 is 11.5 Å². The first-order valence-electron chi connectivity index (χ1n) is 9.20. The number of aliphatic hydroxyl groups excluding tert-OH is 1. The number of H-pyrrole nitrogens is 1. The Morgan fingerprint density at radius 1 is 1.33 bits per heavy atom. The average Bonchev–Trinajstić information content (AvgIpc) is 3.21. The molecule has 0 saturated carbocycles. The lowest BCUT2D eigenvalue weighted by atomic mass is 9.76. The van der Waals surface area contributed by atoms with E-state index in [1.807, 2.05) is 24.3 Å². The molecule has 0 aliphatic carbocycles. The molecule has 4 heterocycles. The summed E-state index contributed by atoms with van der Waals surface area (Å²) < 4.78 is 0. The highest BCUT2D eigenvalue weighted by molar-refractivity contribution is 6.16. The van der Waals surface area contributed by atoms with Gasteiger partial charge in [-0.2, -0.15) is 0 Å². The van der Waals surface area contributed by atoms with E-state index in [9.17, 15) is 14.7 Å². The fourth-order valence-electron chi connectivity index (χ4n) is 4.61. The van der Waals surface area contributed by atoms with Crippen molar-refractivity contribution in [1.29, 1.82) is 0 Å². The van der Waals surface area contributed by atoms with E-state index in [0.717, 1.165) is 46.9 Å². The SMILES string of the molecule is O=Cc1cnc(N2CCCC3(C2)C(=O)NCC3O)c2c1[nH]c1ccccc12. The van der Waals surface area contributed by atoms with Gasteiger partial charge in [-0.1, -0.05) is 18.2 Å². The van der Waals surface area contributed by atoms with Crippen molar-refractivity contribution in [3.05, 3.63) is 36.0 Å². The number of rotatable bonds is 2. The predicted octanol–water partition coefficient (Wildman–Crippen LogP) is 1.61. The van der Waals surface area contributed by atoms with Gasteiger partial charge < -0.3 is 20.3 Å². The zero-order valence-electron chi connectivity index (χ0n) is 14.7. The highest BCUT2D eigenvalue weighted by atomic mass is 16.3. The molecule has 1 amide bonds. The normalized spacial score (nSPS) is 25.4. The third-order valence-corrected chi connectivity index (χ3v) is 6.04. The molecule has 1 spiro atoms. The lowest BCUT2D eigenvalue weighted by Crippen LogP contribution is -2.52. The topological polar surface area (TPSA) is 98.3 Å². The number of aromatic amines is 1. The molecule has 2 unspecified atom stereocenters. The van der Waals surface area contributed by atoms with Crippen molar-refractivity contribution in [1.82, 2.24) is 15.3 Å². The largest absolute Gasteiger partial charge is 0.390 e. The lowest BCUT2D eigenvalue weighted by molar-refractivity contribution is -0.131. The molecule has 5 rings (SSSR count). The van der Waals surface area contributed by atoms with Crippen LogP contribution in [0.2, 0.25) is 0 Å². The third kappa shape index (κ3) is 2.21. The maximum atomic E-state index is 12.5. The first-order chi connectivity index (χ1) is 13.1. The average molecular weight is 364 g/mol. The van der Waals surface area contributed by atoms with Gasteiger partial charge in [0.2, 0.25) is 5.91 Å². The summed E-state index contributed by atoms with van der Waals surface area (Å²) in [5, 5.41) is 15.2. The molecule has 138 valence electrons. The number of carbonyl (C=O) groups is 2. The minimum absolute atomic E-state index is 0.0839. The van der Waals surface area contributed by atoms with Gasteiger partial charge in [0, 0.05) is 36.7 Å². The maximum absolute atomic E-state index is 12.5. The number of aliphatic hydroxyl groups is 1. The molecule has 2 atom stereocenters. The number of nitrogens with one attached hydrogen (secondary N) is 2. The molecule has 3 aromatic rings. The fraction of sp³-hybridized carbons (Fsp3) is 0.350. The van der Waals surface area contributed by atoms with Gasteiger partial charge in [0.15, 0.2) is 6.29 Å². The molecule has 1 aromatic carbocycles. The summed E-state index contributed by atoms with van der Waals surface area (Å²) in [5.41, 5.74) is 1.42. The Morgan fingerprint density at radius 3 is 2.96 bits per heavy atom. The van der Waals surface area contributed by atoms with Crippen molar-refractivity contribution in [2.45, 2.75) is 18.9 Å². The second-order valence-corrected chi connectivity index (χ2v) is 7.48. The molecule has 7 heteroatoms. The van der Waals surface area contributed by atoms with Gasteiger partial charge in [0.1, 0.15) is 5.82 Å². The second kappa shape index (κ2) is 5.79. The summed E-state index contributed by atoms with van der Waals surface area (Å²) in [5.74, 6) is 0.665. The number of hydrogen-bond donors (Lipinski definition) is 3. The van der Waals surface area contributed by atoms with Crippen molar-refractivity contribution in [3.63, 3.8) is 0 Å². The molecule has 0 bridgehead atoms. The van der Waals surface area contributed by atoms with Crippen LogP contribution in [-0.4, -0.2) is 53.0 Å². The van der Waals surface area contributed by atoms with E-state index in [4.69, 9.17) is 0 Å². The van der Waals surface area contributed by atoms with Gasteiger partial charge in [-0.15, -0.1) is 0 Å². The van der Waals surface area contributed by atoms with Crippen LogP contribution < -0.4 is 10.2 Å². The van der Waals surface area contributed by atoms with Crippen LogP contribution in [0.25, 0.3) is 21.8 Å². The second-order valence-electron chi connectivity index (χ2n) is 7.48. The monoisotopic (exact) mass is 364 g/mol. The van der Waals surface area contributed by atoms with Gasteiger partial charge in [-0.3, -0.25) is 9.59 Å². The van der Waals surface area contributed by atoms with Gasteiger partial charge in [-0.25, -0.2) is 4.98 Å². The number of carbonyl (C=O) groups excluding carboxylic acids is 2. The number of nitrogens with zero attached hydrogens (tertiary/aromatic N) is 2. The molecule has 2 aliphatic rings. The minimum Gasteiger partial charge on any atom is -0.390 e. The Labute approximate surface area is 155 Å². The fourth-order valence-corrected chi connectivity index (χ4v) is 4.61. The van der Waals surface area contributed by atoms with Gasteiger partial charge >= 0.3 is 0 Å². The zero-order valence-corrected chi connectivity index (χ0v) is 14.7. The number of pyridine rings is 1. The highest BCUT2D eigenvalue weighted by Crippen LogP contribution is 2.41. The summed E-state index contributed by atoms with van der Waals surface area (Å²) >= 11 is 0. The molecular formula is C20H20N4O3. The highest BCUT2D eigenvalue weighted by Gasteiger charge is 2.52. The Balaban J connectivity index is 1.69. The van der Waals surface area contributed by atoms with Crippen molar-refractivity contribution in [3.8, 4) is 0 Å². The van der Waals surface area contributed by atoms with Crippen LogP contribution in [0.1, 0.15) is 23.2 Å². The molecule has 2 aromatic heterocycles. The number of amides is 1. The van der Waals surface area contributed by atoms with E-state index in [-0.39, 0.29) is 5.91 Å². The summed E-state index contributed by atoms with van der Waals surface area (Å²) in [6.07, 6.45) is 3.15. The van der Waals surface area contributed by atoms with Crippen LogP contribution in [0.5, 0.6) is 0 Å². The number of benzene rings is 1. The molecule has 2 aliphatic heterocycles. The number of β-amino-alcohol motifs (C(OH)–C–C–N with tert-alkyl or cyclic N) is 1. The van der Waals surface area contributed by atoms with Crippen LogP contribution in [0.15, 0.2) is 30.5 Å². The smallest absolute Gasteiger partial charge is 0.230 e. The first kappa shape index (κ1) is 16.3. The molecule has 3 N–H and O–H groups in total. The maximum Gasteiger partial charge on any atom is 0.230 e. The molecular weight excluding hydrogens is 344 g/mol. The third-order valence-electron chi connectivity index (χ3n) is 6.04. The number of hydrogen-bond acceptors (Lipinski definition) is 5. The van der Waals surface area contributed by atoms with Gasteiger partial charge in [0.25, 0.3) is 0 Å². The Morgan fingerprint density at radius 2 is 2.19 bits per heavy atom. The Bertz CT molecular complexity index is 1080. The quantitative estimate of drug-likeness (QED) is 0.600. The van der Waals surface area contributed by atoms with Crippen LogP contribution in [-0.2, 0) is 4.79 Å². The van der Waals surface area contributed by atoms with Gasteiger partial charge in [-0.05, 0) is 18.9 Å². The van der Waals surface area contributed by atoms with Crippen molar-refractivity contribution < 1.29 is 14.7 Å². The van der Waals surface area contributed by atoms with E-state index >= 15 is 0 Å². The first-order valence-corrected chi connectivity index (χ1v) is 9.20. The standard InChI is InChI=1S/C20H20N4O3/c25-10-12-8-21-18(16-13-4-1-2-5-14(13)23-17(12)16)24-7-3-6-20(11-24)15(26)9-22-19(20)27/h1-2,4-5,8,10,15,23,26H,3,6-7,9,11H2,(H,22,27). The summed E-state index contributed by atoms with van der Waals surface area (Å²) in [7, 11) is 0. The number of aromatic nitrogens is 2. The number of anilines is 1. The lowest BCUT2D eigenvalue weighted by Gasteiger charge is -2.41. The van der Waals surface area contributed by atoms with Crippen LogP contribution >= 0.6 is 0 Å². The Hall–Kier alpha value is -2.93. The minimum atomic E-state index is -0.790. The van der Waals surface area contributed by atoms with Crippen LogP contribution in [0.4, 0.5) is 5.82 Å². The van der Waals surface area contributed by atoms with E-state index in [1.54, 1.807) is 6.20 Å². The number of aldehydes is 1. The number of para-hydroxylation sites is 1. The van der Waals surface area contributed by atoms with Crippen LogP contribution in [0, 0.1) is 5.41 Å². The zero-order chi connectivity index (χ0) is 18.6. The summed E-state index contributed by atoms with van der Waals surface area (Å²) in [6, 6.07) is 7.88. The predicted molar refractivity (Wildman–Crippen MR) is 102 cm³/mol. The van der Waals surface area contributed by atoms with Crippen molar-refractivity contribution in [2.75, 3.05) is 24.5 Å². The summed E-state index contributed by atoms with van der Waals surface area (Å²) in [4.78, 5) is 34.0. The van der Waals surface area contributed by atoms with E-state index in [0.29, 0.717) is 25.1 Å². The molecule has 2 saturated heterocycles. The van der Waals surface area contributed by atoms with Crippen molar-refractivity contribution >= 4 is 39.8 Å².